The van der Waals surface area contributed by atoms with E-state index in [-0.39, 0.29) is 51.1 Å². The molecule has 3 aromatic carbocycles. The zero-order valence-corrected chi connectivity index (χ0v) is 27.8. The summed E-state index contributed by atoms with van der Waals surface area (Å²) in [5.41, 5.74) is 4.99. The second-order valence-corrected chi connectivity index (χ2v) is 13.9. The van der Waals surface area contributed by atoms with Gasteiger partial charge in [-0.3, -0.25) is 14.2 Å². The Balaban J connectivity index is 1.23. The maximum atomic E-state index is 13.2. The van der Waals surface area contributed by atoms with Crippen molar-refractivity contribution in [3.63, 3.8) is 0 Å². The molecule has 0 spiro atoms. The summed E-state index contributed by atoms with van der Waals surface area (Å²) < 4.78 is 10.2. The van der Waals surface area contributed by atoms with Crippen LogP contribution in [0, 0.1) is 11.1 Å². The zero-order valence-electron chi connectivity index (χ0n) is 27.8. The fraction of sp³-hybridized carbons (Fsp3) is 0.378. The SMILES string of the molecule is CC(C)C[C@H](NC(=O)c1ccc(C(=O)Nc2ccc3c(c2)C(C)(C)CCC3(C)C)cc1)C(=O)OCc1c(-c2ccccc2)no[n+]1[O-]. The highest BCUT2D eigenvalue weighted by atomic mass is 16.8. The van der Waals surface area contributed by atoms with E-state index in [0.29, 0.717) is 17.5 Å². The molecule has 1 atom stereocenters. The van der Waals surface area contributed by atoms with Gasteiger partial charge in [0.2, 0.25) is 5.69 Å². The van der Waals surface area contributed by atoms with Crippen molar-refractivity contribution in [2.45, 2.75) is 84.3 Å². The van der Waals surface area contributed by atoms with Crippen molar-refractivity contribution in [3.8, 4) is 11.3 Å². The number of aromatic nitrogens is 2. The molecule has 1 heterocycles. The van der Waals surface area contributed by atoms with Gasteiger partial charge in [-0.1, -0.05) is 77.9 Å². The molecule has 1 aliphatic carbocycles. The molecule has 0 saturated carbocycles. The van der Waals surface area contributed by atoms with Crippen LogP contribution in [0.3, 0.4) is 0 Å². The number of nitrogens with one attached hydrogen (secondary N) is 2. The molecule has 10 nitrogen and oxygen atoms in total. The number of nitrogens with zero attached hydrogens (tertiary/aromatic N) is 2. The van der Waals surface area contributed by atoms with Crippen LogP contribution in [0.1, 0.15) is 98.3 Å². The van der Waals surface area contributed by atoms with Crippen molar-refractivity contribution in [2.24, 2.45) is 5.92 Å². The van der Waals surface area contributed by atoms with E-state index in [4.69, 9.17) is 9.37 Å². The van der Waals surface area contributed by atoms with E-state index in [9.17, 15) is 19.6 Å². The normalized spacial score (nSPS) is 15.4. The summed E-state index contributed by atoms with van der Waals surface area (Å²) in [6.45, 7) is 12.4. The second kappa shape index (κ2) is 13.4. The number of fused-ring (bicyclic) bond motifs is 1. The minimum atomic E-state index is -0.969. The minimum absolute atomic E-state index is 0.0138. The zero-order chi connectivity index (χ0) is 33.9. The van der Waals surface area contributed by atoms with E-state index >= 15 is 0 Å². The van der Waals surface area contributed by atoms with Gasteiger partial charge in [0.1, 0.15) is 6.04 Å². The second-order valence-electron chi connectivity index (χ2n) is 13.9. The maximum Gasteiger partial charge on any atom is 0.329 e. The Morgan fingerprint density at radius 1 is 0.894 bits per heavy atom. The molecule has 246 valence electrons. The highest BCUT2D eigenvalue weighted by Crippen LogP contribution is 2.46. The van der Waals surface area contributed by atoms with Gasteiger partial charge in [-0.05, 0) is 88.4 Å². The summed E-state index contributed by atoms with van der Waals surface area (Å²) in [5, 5.41) is 21.8. The molecule has 0 aliphatic heterocycles. The molecule has 2 N–H and O–H groups in total. The van der Waals surface area contributed by atoms with E-state index in [1.807, 2.05) is 26.0 Å². The number of hydrogen-bond acceptors (Lipinski definition) is 7. The van der Waals surface area contributed by atoms with Gasteiger partial charge in [0.05, 0.1) is 0 Å². The highest BCUT2D eigenvalue weighted by Gasteiger charge is 2.37. The van der Waals surface area contributed by atoms with E-state index in [1.54, 1.807) is 48.5 Å². The van der Waals surface area contributed by atoms with Crippen LogP contribution in [0.5, 0.6) is 0 Å². The number of esters is 1. The molecule has 0 fully saturated rings. The Labute approximate surface area is 275 Å². The van der Waals surface area contributed by atoms with Crippen molar-refractivity contribution in [1.82, 2.24) is 10.5 Å². The van der Waals surface area contributed by atoms with Crippen molar-refractivity contribution >= 4 is 23.5 Å². The largest absolute Gasteiger partial charge is 0.455 e. The topological polar surface area (TPSA) is 137 Å². The summed E-state index contributed by atoms with van der Waals surface area (Å²) in [4.78, 5) is 39.7. The molecule has 1 aromatic heterocycles. The third kappa shape index (κ3) is 7.53. The lowest BCUT2D eigenvalue weighted by molar-refractivity contribution is -0.808. The molecular formula is C37H42N4O6. The molecular weight excluding hydrogens is 596 g/mol. The number of ether oxygens (including phenoxy) is 1. The maximum absolute atomic E-state index is 13.2. The third-order valence-electron chi connectivity index (χ3n) is 8.92. The Morgan fingerprint density at radius 3 is 2.15 bits per heavy atom. The van der Waals surface area contributed by atoms with Gasteiger partial charge in [-0.25, -0.2) is 4.79 Å². The van der Waals surface area contributed by atoms with Gasteiger partial charge in [-0.2, -0.15) is 0 Å². The number of hydrogen-bond donors (Lipinski definition) is 2. The lowest BCUT2D eigenvalue weighted by Crippen LogP contribution is -2.43. The predicted molar refractivity (Wildman–Crippen MR) is 178 cm³/mol. The smallest absolute Gasteiger partial charge is 0.329 e. The van der Waals surface area contributed by atoms with Gasteiger partial charge < -0.3 is 20.6 Å². The molecule has 0 unspecified atom stereocenters. The lowest BCUT2D eigenvalue weighted by atomic mass is 9.63. The first-order chi connectivity index (χ1) is 22.2. The van der Waals surface area contributed by atoms with Crippen LogP contribution in [0.2, 0.25) is 0 Å². The standard InChI is InChI=1S/C37H42N4O6/c1-23(2)20-30(35(44)46-22-31-32(40-47-41(31)45)24-10-8-7-9-11-24)39-34(43)26-14-12-25(13-15-26)33(42)38-27-16-17-28-29(21-27)37(5,6)19-18-36(28,3)4/h7-17,21,23,30H,18-20,22H2,1-6H3,(H,38,42)(H,39,43)/t30-/m0/s1. The summed E-state index contributed by atoms with van der Waals surface area (Å²) in [6, 6.07) is 20.3. The average Bonchev–Trinajstić information content (AvgIpc) is 3.41. The summed E-state index contributed by atoms with van der Waals surface area (Å²) in [6.07, 6.45) is 2.49. The Hall–Kier alpha value is -4.99. The molecule has 1 aliphatic rings. The molecule has 0 bridgehead atoms. The monoisotopic (exact) mass is 638 g/mol. The fourth-order valence-corrected chi connectivity index (χ4v) is 6.01. The van der Waals surface area contributed by atoms with Crippen LogP contribution in [-0.4, -0.2) is 29.0 Å². The van der Waals surface area contributed by atoms with Crippen LogP contribution in [0.4, 0.5) is 5.69 Å². The van der Waals surface area contributed by atoms with Crippen LogP contribution in [-0.2, 0) is 27.0 Å². The summed E-state index contributed by atoms with van der Waals surface area (Å²) in [5.74, 6) is -1.42. The number of amides is 2. The van der Waals surface area contributed by atoms with E-state index < -0.39 is 17.9 Å². The van der Waals surface area contributed by atoms with Crippen LogP contribution >= 0.6 is 0 Å². The molecule has 0 radical (unpaired) electrons. The quantitative estimate of drug-likeness (QED) is 0.150. The minimum Gasteiger partial charge on any atom is -0.455 e. The van der Waals surface area contributed by atoms with Gasteiger partial charge in [0, 0.05) is 27.5 Å². The van der Waals surface area contributed by atoms with Gasteiger partial charge >= 0.3 is 5.97 Å². The summed E-state index contributed by atoms with van der Waals surface area (Å²) in [7, 11) is 0. The average molecular weight is 639 g/mol. The summed E-state index contributed by atoms with van der Waals surface area (Å²) >= 11 is 0. The Morgan fingerprint density at radius 2 is 1.51 bits per heavy atom. The first kappa shape index (κ1) is 33.4. The Bertz CT molecular complexity index is 1760. The highest BCUT2D eigenvalue weighted by molar-refractivity contribution is 6.05. The van der Waals surface area contributed by atoms with Crippen LogP contribution < -0.4 is 15.5 Å². The molecule has 2 amide bonds. The van der Waals surface area contributed by atoms with Crippen molar-refractivity contribution in [2.75, 3.05) is 5.32 Å². The van der Waals surface area contributed by atoms with E-state index in [1.165, 1.54) is 11.1 Å². The van der Waals surface area contributed by atoms with Gasteiger partial charge in [-0.15, -0.1) is 0 Å². The van der Waals surface area contributed by atoms with E-state index in [0.717, 1.165) is 18.5 Å². The van der Waals surface area contributed by atoms with Gasteiger partial charge in [0.15, 0.2) is 6.61 Å². The molecule has 4 aromatic rings. The number of carbonyl (C=O) groups excluding carboxylic acids is 3. The molecule has 5 rings (SSSR count). The number of benzene rings is 3. The first-order valence-corrected chi connectivity index (χ1v) is 15.9. The number of carbonyl (C=O) groups is 3. The molecule has 10 heteroatoms. The predicted octanol–water partition coefficient (Wildman–Crippen LogP) is 6.46. The van der Waals surface area contributed by atoms with Crippen molar-refractivity contribution < 1.29 is 28.7 Å². The fourth-order valence-electron chi connectivity index (χ4n) is 6.01. The Kier molecular flexibility index (Phi) is 9.51. The molecule has 47 heavy (non-hydrogen) atoms. The van der Waals surface area contributed by atoms with Crippen molar-refractivity contribution in [1.29, 1.82) is 0 Å². The van der Waals surface area contributed by atoms with E-state index in [2.05, 4.69) is 55.6 Å². The van der Waals surface area contributed by atoms with Crippen LogP contribution in [0.15, 0.2) is 77.4 Å². The lowest BCUT2D eigenvalue weighted by Gasteiger charge is -2.42. The first-order valence-electron chi connectivity index (χ1n) is 15.9. The number of rotatable bonds is 10. The molecule has 0 saturated heterocycles. The van der Waals surface area contributed by atoms with Gasteiger partial charge in [0.25, 0.3) is 17.5 Å². The van der Waals surface area contributed by atoms with Crippen molar-refractivity contribution in [3.05, 3.63) is 106 Å². The number of anilines is 1. The third-order valence-corrected chi connectivity index (χ3v) is 8.92. The van der Waals surface area contributed by atoms with Crippen LogP contribution in [0.25, 0.3) is 11.3 Å².